The molecular weight excluding hydrogens is 348 g/mol. The van der Waals surface area contributed by atoms with Crippen molar-refractivity contribution in [2.75, 3.05) is 0 Å². The first kappa shape index (κ1) is 15.0. The van der Waals surface area contributed by atoms with E-state index in [0.29, 0.717) is 10.7 Å². The zero-order valence-electron chi connectivity index (χ0n) is 10.4. The molecule has 17 heavy (non-hydrogen) atoms. The summed E-state index contributed by atoms with van der Waals surface area (Å²) < 4.78 is 5.40. The van der Waals surface area contributed by atoms with Gasteiger partial charge in [-0.25, -0.2) is 4.79 Å². The van der Waals surface area contributed by atoms with E-state index in [2.05, 4.69) is 52.6 Å². The molecule has 4 heteroatoms. The third kappa shape index (κ3) is 3.99. The van der Waals surface area contributed by atoms with Crippen LogP contribution in [0.3, 0.4) is 0 Å². The first-order valence-corrected chi connectivity index (χ1v) is 7.54. The second kappa shape index (κ2) is 5.75. The molecule has 0 aliphatic heterocycles. The Morgan fingerprint density at radius 2 is 1.94 bits per heavy atom. The van der Waals surface area contributed by atoms with Gasteiger partial charge in [0.15, 0.2) is 0 Å². The minimum atomic E-state index is -0.568. The number of hydrogen-bond donors (Lipinski definition) is 0. The van der Waals surface area contributed by atoms with Crippen molar-refractivity contribution in [3.63, 3.8) is 0 Å². The standard InChI is InChI=1S/C13H18Br2O2/c1-5-11(16)17-12-9(13(2,3)4)6-8(14)7-10(12)15/h1,8-10,12H,6-7H2,2-4H3. The van der Waals surface area contributed by atoms with Crippen molar-refractivity contribution in [2.24, 2.45) is 11.3 Å². The molecule has 0 saturated heterocycles. The van der Waals surface area contributed by atoms with Crippen molar-refractivity contribution in [1.29, 1.82) is 0 Å². The van der Waals surface area contributed by atoms with E-state index in [1.807, 2.05) is 5.92 Å². The van der Waals surface area contributed by atoms with Gasteiger partial charge in [0, 0.05) is 16.7 Å². The maximum atomic E-state index is 11.3. The Morgan fingerprint density at radius 1 is 1.35 bits per heavy atom. The molecule has 0 N–H and O–H groups in total. The summed E-state index contributed by atoms with van der Waals surface area (Å²) in [5, 5.41) is 0. The number of alkyl halides is 2. The van der Waals surface area contributed by atoms with Crippen molar-refractivity contribution in [2.45, 2.75) is 49.4 Å². The second-order valence-corrected chi connectivity index (χ2v) is 8.04. The average molecular weight is 366 g/mol. The summed E-state index contributed by atoms with van der Waals surface area (Å²) in [6.45, 7) is 6.50. The smallest absolute Gasteiger partial charge is 0.384 e. The fourth-order valence-corrected chi connectivity index (χ4v) is 4.53. The van der Waals surface area contributed by atoms with E-state index in [1.165, 1.54) is 0 Å². The predicted molar refractivity (Wildman–Crippen MR) is 76.3 cm³/mol. The molecule has 0 radical (unpaired) electrons. The van der Waals surface area contributed by atoms with Crippen LogP contribution in [0.4, 0.5) is 0 Å². The van der Waals surface area contributed by atoms with Crippen LogP contribution in [0.1, 0.15) is 33.6 Å². The van der Waals surface area contributed by atoms with Crippen molar-refractivity contribution in [3.8, 4) is 12.3 Å². The maximum Gasteiger partial charge on any atom is 0.384 e. The van der Waals surface area contributed by atoms with E-state index >= 15 is 0 Å². The van der Waals surface area contributed by atoms with Gasteiger partial charge in [0.2, 0.25) is 0 Å². The lowest BCUT2D eigenvalue weighted by atomic mass is 9.70. The number of carbonyl (C=O) groups excluding carboxylic acids is 1. The van der Waals surface area contributed by atoms with E-state index in [9.17, 15) is 4.79 Å². The van der Waals surface area contributed by atoms with E-state index in [1.54, 1.807) is 0 Å². The van der Waals surface area contributed by atoms with Crippen LogP contribution in [-0.4, -0.2) is 21.7 Å². The monoisotopic (exact) mass is 364 g/mol. The third-order valence-electron chi connectivity index (χ3n) is 3.22. The molecule has 0 heterocycles. The van der Waals surface area contributed by atoms with Crippen LogP contribution in [0.25, 0.3) is 0 Å². The van der Waals surface area contributed by atoms with Crippen LogP contribution >= 0.6 is 31.9 Å². The molecule has 2 nitrogen and oxygen atoms in total. The largest absolute Gasteiger partial charge is 0.451 e. The van der Waals surface area contributed by atoms with Crippen molar-refractivity contribution >= 4 is 37.8 Å². The van der Waals surface area contributed by atoms with Crippen LogP contribution in [-0.2, 0) is 9.53 Å². The Hall–Kier alpha value is -0.0100. The van der Waals surface area contributed by atoms with Gasteiger partial charge in [0.05, 0.1) is 4.83 Å². The van der Waals surface area contributed by atoms with Gasteiger partial charge in [0.25, 0.3) is 0 Å². The lowest BCUT2D eigenvalue weighted by molar-refractivity contribution is -0.148. The fourth-order valence-electron chi connectivity index (χ4n) is 2.30. The predicted octanol–water partition coefficient (Wildman–Crippen LogP) is 3.51. The Bertz CT molecular complexity index is 327. The number of terminal acetylenes is 1. The first-order valence-electron chi connectivity index (χ1n) is 5.71. The van der Waals surface area contributed by atoms with Gasteiger partial charge >= 0.3 is 5.97 Å². The summed E-state index contributed by atoms with van der Waals surface area (Å²) in [7, 11) is 0. The number of rotatable bonds is 1. The Kier molecular flexibility index (Phi) is 5.09. The summed E-state index contributed by atoms with van der Waals surface area (Å²) in [6.07, 6.45) is 6.86. The van der Waals surface area contributed by atoms with Gasteiger partial charge < -0.3 is 4.74 Å². The summed E-state index contributed by atoms with van der Waals surface area (Å²) in [5.74, 6) is 1.75. The lowest BCUT2D eigenvalue weighted by Crippen LogP contribution is -2.46. The molecule has 4 atom stereocenters. The quantitative estimate of drug-likeness (QED) is 0.307. The molecule has 0 aromatic carbocycles. The highest BCUT2D eigenvalue weighted by molar-refractivity contribution is 9.10. The molecule has 1 aliphatic rings. The Morgan fingerprint density at radius 3 is 2.41 bits per heavy atom. The van der Waals surface area contributed by atoms with E-state index < -0.39 is 5.97 Å². The summed E-state index contributed by atoms with van der Waals surface area (Å²) in [5.41, 5.74) is 0.0814. The zero-order valence-corrected chi connectivity index (χ0v) is 13.5. The molecular formula is C13H18Br2O2. The number of ether oxygens (including phenoxy) is 1. The molecule has 0 spiro atoms. The highest BCUT2D eigenvalue weighted by atomic mass is 79.9. The number of esters is 1. The van der Waals surface area contributed by atoms with Gasteiger partial charge in [-0.2, -0.15) is 0 Å². The van der Waals surface area contributed by atoms with Gasteiger partial charge in [-0.3, -0.25) is 0 Å². The third-order valence-corrected chi connectivity index (χ3v) is 4.86. The van der Waals surface area contributed by atoms with Gasteiger partial charge in [0.1, 0.15) is 6.10 Å². The molecule has 96 valence electrons. The van der Waals surface area contributed by atoms with Crippen LogP contribution in [0.2, 0.25) is 0 Å². The molecule has 1 saturated carbocycles. The van der Waals surface area contributed by atoms with Crippen LogP contribution in [0.5, 0.6) is 0 Å². The van der Waals surface area contributed by atoms with Gasteiger partial charge in [-0.15, -0.1) is 6.42 Å². The second-order valence-electron chi connectivity index (χ2n) is 5.57. The van der Waals surface area contributed by atoms with E-state index in [-0.39, 0.29) is 16.3 Å². The molecule has 1 rings (SSSR count). The molecule has 4 unspecified atom stereocenters. The Labute approximate surface area is 120 Å². The van der Waals surface area contributed by atoms with Gasteiger partial charge in [-0.05, 0) is 18.3 Å². The average Bonchev–Trinajstić information content (AvgIpc) is 2.19. The van der Waals surface area contributed by atoms with Crippen molar-refractivity contribution in [1.82, 2.24) is 0 Å². The maximum absolute atomic E-state index is 11.3. The Balaban J connectivity index is 2.88. The van der Waals surface area contributed by atoms with E-state index in [4.69, 9.17) is 11.2 Å². The first-order chi connectivity index (χ1) is 7.75. The lowest BCUT2D eigenvalue weighted by Gasteiger charge is -2.43. The van der Waals surface area contributed by atoms with Crippen molar-refractivity contribution < 1.29 is 9.53 Å². The summed E-state index contributed by atoms with van der Waals surface area (Å²) in [6, 6.07) is 0. The molecule has 1 fully saturated rings. The summed E-state index contributed by atoms with van der Waals surface area (Å²) >= 11 is 7.27. The molecule has 1 aliphatic carbocycles. The molecule has 0 aromatic heterocycles. The fraction of sp³-hybridized carbons (Fsp3) is 0.769. The molecule has 0 bridgehead atoms. The van der Waals surface area contributed by atoms with Crippen molar-refractivity contribution in [3.05, 3.63) is 0 Å². The summed E-state index contributed by atoms with van der Waals surface area (Å²) in [4.78, 5) is 11.9. The molecule has 0 aromatic rings. The van der Waals surface area contributed by atoms with Crippen LogP contribution in [0.15, 0.2) is 0 Å². The zero-order chi connectivity index (χ0) is 13.2. The highest BCUT2D eigenvalue weighted by Crippen LogP contribution is 2.43. The highest BCUT2D eigenvalue weighted by Gasteiger charge is 2.43. The van der Waals surface area contributed by atoms with Crippen LogP contribution in [0, 0.1) is 23.7 Å². The number of hydrogen-bond acceptors (Lipinski definition) is 2. The normalized spacial score (nSPS) is 33.9. The topological polar surface area (TPSA) is 26.3 Å². The molecule has 0 amide bonds. The minimum Gasteiger partial charge on any atom is -0.451 e. The SMILES string of the molecule is C#CC(=O)OC1C(Br)CC(Br)CC1C(C)(C)C. The number of carbonyl (C=O) groups is 1. The van der Waals surface area contributed by atoms with Crippen LogP contribution < -0.4 is 0 Å². The number of halogens is 2. The minimum absolute atomic E-state index is 0.0814. The van der Waals surface area contributed by atoms with E-state index in [0.717, 1.165) is 12.8 Å². The van der Waals surface area contributed by atoms with Gasteiger partial charge in [-0.1, -0.05) is 52.6 Å².